The fourth-order valence-corrected chi connectivity index (χ4v) is 5.32. The van der Waals surface area contributed by atoms with Crippen molar-refractivity contribution in [3.05, 3.63) is 64.4 Å². The van der Waals surface area contributed by atoms with E-state index in [0.29, 0.717) is 40.6 Å². The van der Waals surface area contributed by atoms with E-state index in [4.69, 9.17) is 16.3 Å². The summed E-state index contributed by atoms with van der Waals surface area (Å²) in [5.41, 5.74) is 1.25. The van der Waals surface area contributed by atoms with E-state index in [0.717, 1.165) is 17.7 Å². The van der Waals surface area contributed by atoms with Gasteiger partial charge in [0.1, 0.15) is 21.7 Å². The van der Waals surface area contributed by atoms with Crippen LogP contribution in [0.5, 0.6) is 11.5 Å². The van der Waals surface area contributed by atoms with E-state index in [-0.39, 0.29) is 17.8 Å². The van der Waals surface area contributed by atoms with E-state index < -0.39 is 5.41 Å². The predicted octanol–water partition coefficient (Wildman–Crippen LogP) is 5.27. The molecule has 0 aliphatic carbocycles. The molecular formula is C23H20ClFN4O3S. The number of rotatable bonds is 3. The van der Waals surface area contributed by atoms with E-state index in [9.17, 15) is 14.0 Å². The number of amides is 3. The smallest absolute Gasteiger partial charge is 0.328 e. The summed E-state index contributed by atoms with van der Waals surface area (Å²) in [7, 11) is 0. The number of ether oxygens (including phenoxy) is 1. The van der Waals surface area contributed by atoms with Crippen molar-refractivity contribution in [3.63, 3.8) is 0 Å². The molecule has 1 spiro atoms. The Hall–Kier alpha value is -3.17. The number of hydrogen-bond donors (Lipinski definition) is 1. The minimum Gasteiger partial charge on any atom is -0.457 e. The lowest BCUT2D eigenvalue weighted by Crippen LogP contribution is -2.41. The molecule has 2 aromatic carbocycles. The summed E-state index contributed by atoms with van der Waals surface area (Å²) in [4.78, 5) is 32.8. The Labute approximate surface area is 198 Å². The number of carbonyl (C=O) groups excluding carboxylic acids is 2. The summed E-state index contributed by atoms with van der Waals surface area (Å²) in [6.07, 6.45) is 2.20. The normalized spacial score (nSPS) is 19.1. The highest BCUT2D eigenvalue weighted by atomic mass is 35.5. The van der Waals surface area contributed by atoms with Crippen LogP contribution in [0.3, 0.4) is 0 Å². The second kappa shape index (κ2) is 8.31. The molecule has 1 fully saturated rings. The minimum absolute atomic E-state index is 0.000851. The van der Waals surface area contributed by atoms with Crippen LogP contribution in [0.25, 0.3) is 0 Å². The number of fused-ring (bicyclic) bond motifs is 2. The Bertz CT molecular complexity index is 1250. The van der Waals surface area contributed by atoms with Crippen molar-refractivity contribution in [2.45, 2.75) is 18.8 Å². The molecule has 2 aliphatic heterocycles. The average molecular weight is 487 g/mol. The molecule has 0 radical (unpaired) electrons. The van der Waals surface area contributed by atoms with Crippen LogP contribution in [0.1, 0.15) is 18.9 Å². The molecular weight excluding hydrogens is 467 g/mol. The maximum atomic E-state index is 13.6. The predicted molar refractivity (Wildman–Crippen MR) is 125 cm³/mol. The third kappa shape index (κ3) is 4.14. The zero-order valence-corrected chi connectivity index (χ0v) is 19.3. The van der Waals surface area contributed by atoms with Crippen LogP contribution in [0.15, 0.2) is 48.7 Å². The lowest BCUT2D eigenvalue weighted by molar-refractivity contribution is -0.127. The van der Waals surface area contributed by atoms with Gasteiger partial charge < -0.3 is 9.64 Å². The Morgan fingerprint density at radius 1 is 1.21 bits per heavy atom. The molecule has 10 heteroatoms. The van der Waals surface area contributed by atoms with Gasteiger partial charge in [0.05, 0.1) is 6.20 Å². The largest absolute Gasteiger partial charge is 0.457 e. The number of aromatic nitrogens is 1. The van der Waals surface area contributed by atoms with Gasteiger partial charge in [-0.1, -0.05) is 29.0 Å². The SMILES string of the molecule is CC(=O)N1CCC2(C1)CN(C(=O)Nc1ncc(Cl)s1)c1ccc(Oc3cccc(F)c3)cc12. The number of carbonyl (C=O) groups is 2. The first-order valence-electron chi connectivity index (χ1n) is 10.4. The van der Waals surface area contributed by atoms with E-state index in [2.05, 4.69) is 10.3 Å². The average Bonchev–Trinajstić information content (AvgIpc) is 3.47. The molecule has 1 saturated heterocycles. The van der Waals surface area contributed by atoms with Crippen LogP contribution < -0.4 is 15.0 Å². The number of thiazole rings is 1. The second-order valence-corrected chi connectivity index (χ2v) is 9.86. The molecule has 5 rings (SSSR count). The maximum absolute atomic E-state index is 13.6. The molecule has 3 heterocycles. The lowest BCUT2D eigenvalue weighted by Gasteiger charge is -2.25. The van der Waals surface area contributed by atoms with E-state index in [1.807, 2.05) is 12.1 Å². The van der Waals surface area contributed by atoms with Crippen LogP contribution in [0.4, 0.5) is 20.0 Å². The van der Waals surface area contributed by atoms with Crippen molar-refractivity contribution in [2.75, 3.05) is 29.9 Å². The van der Waals surface area contributed by atoms with Crippen LogP contribution in [0, 0.1) is 5.82 Å². The first-order chi connectivity index (χ1) is 15.8. The van der Waals surface area contributed by atoms with Gasteiger partial charge >= 0.3 is 6.03 Å². The van der Waals surface area contributed by atoms with E-state index in [1.165, 1.54) is 29.7 Å². The minimum atomic E-state index is -0.416. The van der Waals surface area contributed by atoms with Crippen molar-refractivity contribution in [1.82, 2.24) is 9.88 Å². The highest BCUT2D eigenvalue weighted by Gasteiger charge is 2.49. The topological polar surface area (TPSA) is 74.8 Å². The molecule has 1 aromatic heterocycles. The van der Waals surface area contributed by atoms with Crippen LogP contribution in [-0.2, 0) is 10.2 Å². The first kappa shape index (κ1) is 21.7. The van der Waals surface area contributed by atoms with Gasteiger partial charge in [0.25, 0.3) is 0 Å². The Kier molecular flexibility index (Phi) is 5.46. The third-order valence-corrected chi connectivity index (χ3v) is 7.09. The highest BCUT2D eigenvalue weighted by Crippen LogP contribution is 2.48. The molecule has 1 unspecified atom stereocenters. The molecule has 0 bridgehead atoms. The summed E-state index contributed by atoms with van der Waals surface area (Å²) in [5, 5.41) is 3.22. The van der Waals surface area contributed by atoms with E-state index >= 15 is 0 Å². The summed E-state index contributed by atoms with van der Waals surface area (Å²) >= 11 is 7.12. The van der Waals surface area contributed by atoms with Crippen LogP contribution >= 0.6 is 22.9 Å². The zero-order valence-electron chi connectivity index (χ0n) is 17.7. The Balaban J connectivity index is 1.48. The number of hydrogen-bond acceptors (Lipinski definition) is 5. The molecule has 2 aliphatic rings. The summed E-state index contributed by atoms with van der Waals surface area (Å²) < 4.78 is 20.0. The Morgan fingerprint density at radius 2 is 2.03 bits per heavy atom. The summed E-state index contributed by atoms with van der Waals surface area (Å²) in [5.74, 6) is 0.534. The molecule has 7 nitrogen and oxygen atoms in total. The standard InChI is InChI=1S/C23H20ClFN4O3S/c1-14(30)28-8-7-23(12-28)13-29(22(31)27-21-26-11-20(24)33-21)19-6-5-17(10-18(19)23)32-16-4-2-3-15(25)9-16/h2-6,9-11H,7-8,12-13H2,1H3,(H,26,27,31). The third-order valence-electron chi connectivity index (χ3n) is 6.06. The molecule has 3 aromatic rings. The van der Waals surface area contributed by atoms with Crippen LogP contribution in [-0.4, -0.2) is 41.5 Å². The van der Waals surface area contributed by atoms with Gasteiger partial charge in [-0.3, -0.25) is 15.0 Å². The van der Waals surface area contributed by atoms with E-state index in [1.54, 1.807) is 34.9 Å². The Morgan fingerprint density at radius 3 is 2.73 bits per heavy atom. The number of halogens is 2. The molecule has 33 heavy (non-hydrogen) atoms. The van der Waals surface area contributed by atoms with Gasteiger partial charge in [-0.15, -0.1) is 0 Å². The van der Waals surface area contributed by atoms with Gasteiger partial charge in [0.15, 0.2) is 5.13 Å². The number of likely N-dealkylation sites (tertiary alicyclic amines) is 1. The number of nitrogens with one attached hydrogen (secondary N) is 1. The van der Waals surface area contributed by atoms with Crippen molar-refractivity contribution >= 4 is 45.7 Å². The molecule has 1 N–H and O–H groups in total. The summed E-state index contributed by atoms with van der Waals surface area (Å²) in [6.45, 7) is 3.09. The van der Waals surface area contributed by atoms with Gasteiger partial charge in [-0.2, -0.15) is 0 Å². The second-order valence-electron chi connectivity index (χ2n) is 8.20. The maximum Gasteiger partial charge on any atom is 0.328 e. The van der Waals surface area contributed by atoms with Crippen LogP contribution in [0.2, 0.25) is 4.34 Å². The van der Waals surface area contributed by atoms with Gasteiger partial charge in [-0.05, 0) is 42.3 Å². The fraction of sp³-hybridized carbons (Fsp3) is 0.261. The molecule has 1 atom stereocenters. The number of urea groups is 1. The van der Waals surface area contributed by atoms with Crippen molar-refractivity contribution in [3.8, 4) is 11.5 Å². The highest BCUT2D eigenvalue weighted by molar-refractivity contribution is 7.19. The molecule has 170 valence electrons. The zero-order chi connectivity index (χ0) is 23.2. The number of benzene rings is 2. The van der Waals surface area contributed by atoms with Crippen molar-refractivity contribution in [1.29, 1.82) is 0 Å². The van der Waals surface area contributed by atoms with Crippen molar-refractivity contribution in [2.24, 2.45) is 0 Å². The van der Waals surface area contributed by atoms with Gasteiger partial charge in [0.2, 0.25) is 5.91 Å². The molecule has 0 saturated carbocycles. The fourth-order valence-electron chi connectivity index (χ4n) is 4.52. The van der Waals surface area contributed by atoms with Gasteiger partial charge in [-0.25, -0.2) is 14.2 Å². The van der Waals surface area contributed by atoms with Crippen molar-refractivity contribution < 1.29 is 18.7 Å². The number of anilines is 2. The van der Waals surface area contributed by atoms with Gasteiger partial charge in [0, 0.05) is 43.7 Å². The first-order valence-corrected chi connectivity index (χ1v) is 11.6. The molecule has 3 amide bonds. The number of nitrogens with zero attached hydrogens (tertiary/aromatic N) is 3. The monoisotopic (exact) mass is 486 g/mol. The lowest BCUT2D eigenvalue weighted by atomic mass is 9.81. The summed E-state index contributed by atoms with van der Waals surface area (Å²) in [6, 6.07) is 11.1. The quantitative estimate of drug-likeness (QED) is 0.547.